The van der Waals surface area contributed by atoms with Crippen molar-refractivity contribution in [3.05, 3.63) is 23.5 Å². The zero-order chi connectivity index (χ0) is 13.6. The van der Waals surface area contributed by atoms with Crippen LogP contribution in [-0.4, -0.2) is 17.4 Å². The molecule has 100 valence electrons. The van der Waals surface area contributed by atoms with Crippen LogP contribution in [0.2, 0.25) is 5.15 Å². The van der Waals surface area contributed by atoms with E-state index >= 15 is 0 Å². The van der Waals surface area contributed by atoms with Crippen molar-refractivity contribution in [2.24, 2.45) is 11.1 Å². The number of pyridine rings is 1. The first-order valence-corrected chi connectivity index (χ1v) is 6.43. The minimum absolute atomic E-state index is 0.0463. The Kier molecular flexibility index (Phi) is 5.56. The van der Waals surface area contributed by atoms with Gasteiger partial charge in [0.25, 0.3) is 0 Å². The average Bonchev–Trinajstić information content (AvgIpc) is 2.30. The third kappa shape index (κ3) is 5.02. The van der Waals surface area contributed by atoms with Gasteiger partial charge in [0.1, 0.15) is 0 Å². The number of aromatic nitrogens is 1. The summed E-state index contributed by atoms with van der Waals surface area (Å²) in [6, 6.07) is 3.47. The molecule has 5 heteroatoms. The van der Waals surface area contributed by atoms with Crippen molar-refractivity contribution in [2.75, 3.05) is 11.9 Å². The van der Waals surface area contributed by atoms with Crippen molar-refractivity contribution in [1.82, 2.24) is 4.98 Å². The minimum Gasteiger partial charge on any atom is -0.330 e. The summed E-state index contributed by atoms with van der Waals surface area (Å²) >= 11 is 5.87. The molecule has 0 saturated heterocycles. The summed E-state index contributed by atoms with van der Waals surface area (Å²) < 4.78 is 0. The number of hydrogen-bond acceptors (Lipinski definition) is 3. The zero-order valence-corrected chi connectivity index (χ0v) is 11.6. The molecule has 3 N–H and O–H groups in total. The molecule has 1 rings (SSSR count). The Bertz CT molecular complexity index is 407. The molecule has 0 aromatic carbocycles. The first-order valence-electron chi connectivity index (χ1n) is 6.05. The summed E-state index contributed by atoms with van der Waals surface area (Å²) in [5.41, 5.74) is 6.18. The highest BCUT2D eigenvalue weighted by molar-refractivity contribution is 6.32. The number of anilines is 1. The Morgan fingerprint density at radius 3 is 2.83 bits per heavy atom. The van der Waals surface area contributed by atoms with E-state index in [4.69, 9.17) is 17.3 Å². The predicted molar refractivity (Wildman–Crippen MR) is 74.6 cm³/mol. The Balaban J connectivity index is 2.46. The number of amides is 1. The van der Waals surface area contributed by atoms with Gasteiger partial charge in [-0.25, -0.2) is 4.98 Å². The van der Waals surface area contributed by atoms with Gasteiger partial charge in [-0.15, -0.1) is 0 Å². The third-order valence-electron chi connectivity index (χ3n) is 2.88. The molecule has 0 aliphatic carbocycles. The summed E-state index contributed by atoms with van der Waals surface area (Å²) in [5, 5.41) is 3.07. The smallest absolute Gasteiger partial charge is 0.224 e. The lowest BCUT2D eigenvalue weighted by atomic mass is 9.84. The van der Waals surface area contributed by atoms with E-state index in [2.05, 4.69) is 24.1 Å². The van der Waals surface area contributed by atoms with E-state index in [0.717, 1.165) is 12.8 Å². The van der Waals surface area contributed by atoms with E-state index in [1.807, 2.05) is 0 Å². The van der Waals surface area contributed by atoms with Gasteiger partial charge >= 0.3 is 0 Å². The summed E-state index contributed by atoms with van der Waals surface area (Å²) in [6.07, 6.45) is 3.75. The number of nitrogens with two attached hydrogens (primary N) is 1. The highest BCUT2D eigenvalue weighted by Gasteiger charge is 2.18. The number of rotatable bonds is 6. The van der Waals surface area contributed by atoms with E-state index in [1.54, 1.807) is 18.3 Å². The fourth-order valence-electron chi connectivity index (χ4n) is 1.66. The van der Waals surface area contributed by atoms with Crippen LogP contribution in [0.25, 0.3) is 0 Å². The van der Waals surface area contributed by atoms with Crippen LogP contribution in [0, 0.1) is 5.41 Å². The van der Waals surface area contributed by atoms with Gasteiger partial charge in [-0.05, 0) is 36.9 Å². The van der Waals surface area contributed by atoms with Crippen LogP contribution < -0.4 is 11.1 Å². The van der Waals surface area contributed by atoms with Gasteiger partial charge in [0, 0.05) is 12.6 Å². The molecule has 0 atom stereocenters. The third-order valence-corrected chi connectivity index (χ3v) is 3.18. The molecule has 1 aromatic heterocycles. The second-order valence-corrected chi connectivity index (χ2v) is 5.45. The van der Waals surface area contributed by atoms with Crippen molar-refractivity contribution >= 4 is 23.2 Å². The van der Waals surface area contributed by atoms with E-state index in [-0.39, 0.29) is 11.3 Å². The highest BCUT2D eigenvalue weighted by Crippen LogP contribution is 2.26. The fraction of sp³-hybridized carbons (Fsp3) is 0.538. The van der Waals surface area contributed by atoms with Gasteiger partial charge in [0.2, 0.25) is 5.91 Å². The number of nitrogens with zero attached hydrogens (tertiary/aromatic N) is 1. The van der Waals surface area contributed by atoms with Gasteiger partial charge in [-0.1, -0.05) is 25.4 Å². The topological polar surface area (TPSA) is 68.0 Å². The number of nitrogens with one attached hydrogen (secondary N) is 1. The molecule has 0 unspecified atom stereocenters. The Labute approximate surface area is 113 Å². The van der Waals surface area contributed by atoms with Gasteiger partial charge < -0.3 is 11.1 Å². The molecule has 1 aromatic rings. The molecule has 18 heavy (non-hydrogen) atoms. The summed E-state index contributed by atoms with van der Waals surface area (Å²) in [7, 11) is 0. The lowest BCUT2D eigenvalue weighted by Gasteiger charge is -2.23. The van der Waals surface area contributed by atoms with Crippen molar-refractivity contribution in [3.8, 4) is 0 Å². The standard InChI is InChI=1S/C13H20ClN3O/c1-13(2,7-8-15)6-5-11(18)17-10-4-3-9-16-12(10)14/h3-4,9H,5-8,15H2,1-2H3,(H,17,18). The van der Waals surface area contributed by atoms with Crippen LogP contribution in [0.3, 0.4) is 0 Å². The Hall–Kier alpha value is -1.13. The van der Waals surface area contributed by atoms with E-state index in [1.165, 1.54) is 0 Å². The summed E-state index contributed by atoms with van der Waals surface area (Å²) in [4.78, 5) is 15.7. The molecular formula is C13H20ClN3O. The second-order valence-electron chi connectivity index (χ2n) is 5.09. The van der Waals surface area contributed by atoms with Gasteiger partial charge in [0.05, 0.1) is 5.69 Å². The molecule has 0 saturated carbocycles. The van der Waals surface area contributed by atoms with Crippen LogP contribution in [-0.2, 0) is 4.79 Å². The van der Waals surface area contributed by atoms with E-state index in [0.29, 0.717) is 23.8 Å². The lowest BCUT2D eigenvalue weighted by molar-refractivity contribution is -0.116. The van der Waals surface area contributed by atoms with E-state index in [9.17, 15) is 4.79 Å². The largest absolute Gasteiger partial charge is 0.330 e. The maximum absolute atomic E-state index is 11.8. The SMILES string of the molecule is CC(C)(CCN)CCC(=O)Nc1cccnc1Cl. The van der Waals surface area contributed by atoms with Gasteiger partial charge in [-0.3, -0.25) is 4.79 Å². The first-order chi connectivity index (χ1) is 8.44. The summed E-state index contributed by atoms with van der Waals surface area (Å²) in [6.45, 7) is 4.87. The number of hydrogen-bond donors (Lipinski definition) is 2. The lowest BCUT2D eigenvalue weighted by Crippen LogP contribution is -2.20. The Morgan fingerprint density at radius 1 is 1.50 bits per heavy atom. The minimum atomic E-state index is -0.0463. The molecular weight excluding hydrogens is 250 g/mol. The summed E-state index contributed by atoms with van der Waals surface area (Å²) in [5.74, 6) is -0.0463. The zero-order valence-electron chi connectivity index (χ0n) is 10.9. The molecule has 0 radical (unpaired) electrons. The molecule has 4 nitrogen and oxygen atoms in total. The van der Waals surface area contributed by atoms with Crippen LogP contribution in [0.15, 0.2) is 18.3 Å². The van der Waals surface area contributed by atoms with Crippen molar-refractivity contribution in [3.63, 3.8) is 0 Å². The van der Waals surface area contributed by atoms with Gasteiger partial charge in [-0.2, -0.15) is 0 Å². The maximum atomic E-state index is 11.8. The number of halogens is 1. The molecule has 1 heterocycles. The molecule has 1 amide bonds. The predicted octanol–water partition coefficient (Wildman–Crippen LogP) is 2.83. The first kappa shape index (κ1) is 14.9. The average molecular weight is 270 g/mol. The van der Waals surface area contributed by atoms with Crippen LogP contribution in [0.4, 0.5) is 5.69 Å². The second kappa shape index (κ2) is 6.71. The molecule has 0 spiro atoms. The molecule has 0 fully saturated rings. The monoisotopic (exact) mass is 269 g/mol. The molecule has 0 bridgehead atoms. The van der Waals surface area contributed by atoms with Crippen LogP contribution >= 0.6 is 11.6 Å². The quantitative estimate of drug-likeness (QED) is 0.781. The molecule has 0 aliphatic rings. The van der Waals surface area contributed by atoms with Gasteiger partial charge in [0.15, 0.2) is 5.15 Å². The Morgan fingerprint density at radius 2 is 2.22 bits per heavy atom. The van der Waals surface area contributed by atoms with Crippen LogP contribution in [0.1, 0.15) is 33.1 Å². The van der Waals surface area contributed by atoms with E-state index < -0.39 is 0 Å². The van der Waals surface area contributed by atoms with Crippen molar-refractivity contribution < 1.29 is 4.79 Å². The van der Waals surface area contributed by atoms with Crippen molar-refractivity contribution in [1.29, 1.82) is 0 Å². The number of carbonyl (C=O) groups excluding carboxylic acids is 1. The normalized spacial score (nSPS) is 11.3. The number of carbonyl (C=O) groups is 1. The van der Waals surface area contributed by atoms with Crippen LogP contribution in [0.5, 0.6) is 0 Å². The molecule has 0 aliphatic heterocycles. The fourth-order valence-corrected chi connectivity index (χ4v) is 1.83. The maximum Gasteiger partial charge on any atom is 0.224 e. The highest BCUT2D eigenvalue weighted by atomic mass is 35.5. The van der Waals surface area contributed by atoms with Crippen molar-refractivity contribution in [2.45, 2.75) is 33.1 Å².